The Bertz CT molecular complexity index is 1180. The van der Waals surface area contributed by atoms with Crippen LogP contribution < -0.4 is 5.32 Å². The smallest absolute Gasteiger partial charge is 0.234 e. The molecule has 6 nitrogen and oxygen atoms in total. The maximum Gasteiger partial charge on any atom is 0.234 e. The highest BCUT2D eigenvalue weighted by atomic mass is 35.5. The standard InChI is InChI=1S/C22H18ClN5OS/c1-15-6-2-3-10-19(15)28-21(16-7-5-11-24-13-16)26-27-22(28)30-14-20(29)25-18-9-4-8-17(23)12-18/h2-13H,14H2,1H3,(H,25,29). The number of amides is 1. The second-order valence-electron chi connectivity index (χ2n) is 6.52. The molecule has 30 heavy (non-hydrogen) atoms. The van der Waals surface area contributed by atoms with E-state index in [2.05, 4.69) is 20.5 Å². The van der Waals surface area contributed by atoms with Crippen LogP contribution in [0.15, 0.2) is 78.2 Å². The van der Waals surface area contributed by atoms with E-state index in [0.717, 1.165) is 16.8 Å². The van der Waals surface area contributed by atoms with Crippen molar-refractivity contribution in [2.45, 2.75) is 12.1 Å². The number of anilines is 1. The highest BCUT2D eigenvalue weighted by molar-refractivity contribution is 7.99. The summed E-state index contributed by atoms with van der Waals surface area (Å²) >= 11 is 7.30. The molecule has 1 N–H and O–H groups in total. The summed E-state index contributed by atoms with van der Waals surface area (Å²) in [5.41, 5.74) is 3.54. The van der Waals surface area contributed by atoms with E-state index in [1.165, 1.54) is 11.8 Å². The first-order valence-corrected chi connectivity index (χ1v) is 10.6. The second-order valence-corrected chi connectivity index (χ2v) is 7.90. The molecular formula is C22H18ClN5OS. The number of benzene rings is 2. The van der Waals surface area contributed by atoms with Gasteiger partial charge in [0.25, 0.3) is 0 Å². The molecule has 150 valence electrons. The lowest BCUT2D eigenvalue weighted by Gasteiger charge is -2.12. The van der Waals surface area contributed by atoms with Gasteiger partial charge in [-0.3, -0.25) is 14.3 Å². The predicted octanol–water partition coefficient (Wildman–Crippen LogP) is 5.02. The molecule has 0 aliphatic heterocycles. The summed E-state index contributed by atoms with van der Waals surface area (Å²) in [6.45, 7) is 2.03. The Morgan fingerprint density at radius 1 is 1.10 bits per heavy atom. The van der Waals surface area contributed by atoms with E-state index in [0.29, 0.717) is 21.7 Å². The van der Waals surface area contributed by atoms with Crippen molar-refractivity contribution in [2.24, 2.45) is 0 Å². The average Bonchev–Trinajstić information content (AvgIpc) is 3.17. The zero-order chi connectivity index (χ0) is 20.9. The molecule has 0 aliphatic rings. The molecular weight excluding hydrogens is 418 g/mol. The van der Waals surface area contributed by atoms with Gasteiger partial charge in [-0.2, -0.15) is 0 Å². The van der Waals surface area contributed by atoms with Crippen molar-refractivity contribution in [1.82, 2.24) is 19.7 Å². The van der Waals surface area contributed by atoms with Gasteiger partial charge in [0.05, 0.1) is 11.4 Å². The van der Waals surface area contributed by atoms with Crippen molar-refractivity contribution >= 4 is 35.0 Å². The van der Waals surface area contributed by atoms with Crippen LogP contribution in [0, 0.1) is 6.92 Å². The van der Waals surface area contributed by atoms with Crippen LogP contribution in [0.25, 0.3) is 17.1 Å². The molecule has 0 aliphatic carbocycles. The normalized spacial score (nSPS) is 10.7. The summed E-state index contributed by atoms with van der Waals surface area (Å²) in [4.78, 5) is 16.6. The minimum absolute atomic E-state index is 0.149. The average molecular weight is 436 g/mol. The molecule has 4 aromatic rings. The van der Waals surface area contributed by atoms with E-state index in [1.54, 1.807) is 36.7 Å². The molecule has 1 amide bonds. The summed E-state index contributed by atoms with van der Waals surface area (Å²) in [6, 6.07) is 18.8. The van der Waals surface area contributed by atoms with E-state index < -0.39 is 0 Å². The van der Waals surface area contributed by atoms with Crippen LogP contribution in [-0.4, -0.2) is 31.4 Å². The molecule has 0 bridgehead atoms. The number of aromatic nitrogens is 4. The van der Waals surface area contributed by atoms with Crippen LogP contribution in [0.5, 0.6) is 0 Å². The van der Waals surface area contributed by atoms with Gasteiger partial charge in [0.1, 0.15) is 0 Å². The zero-order valence-electron chi connectivity index (χ0n) is 16.1. The number of carbonyl (C=O) groups excluding carboxylic acids is 1. The molecule has 0 saturated carbocycles. The second kappa shape index (κ2) is 9.11. The number of nitrogens with one attached hydrogen (secondary N) is 1. The SMILES string of the molecule is Cc1ccccc1-n1c(SCC(=O)Nc2cccc(Cl)c2)nnc1-c1cccnc1. The fraction of sp³-hybridized carbons (Fsp3) is 0.0909. The van der Waals surface area contributed by atoms with Gasteiger partial charge in [-0.25, -0.2) is 0 Å². The van der Waals surface area contributed by atoms with Gasteiger partial charge in [0.15, 0.2) is 11.0 Å². The lowest BCUT2D eigenvalue weighted by molar-refractivity contribution is -0.113. The van der Waals surface area contributed by atoms with E-state index in [9.17, 15) is 4.79 Å². The number of hydrogen-bond acceptors (Lipinski definition) is 5. The van der Waals surface area contributed by atoms with Crippen molar-refractivity contribution < 1.29 is 4.79 Å². The Morgan fingerprint density at radius 2 is 1.97 bits per heavy atom. The van der Waals surface area contributed by atoms with Gasteiger partial charge in [0.2, 0.25) is 5.91 Å². The van der Waals surface area contributed by atoms with E-state index >= 15 is 0 Å². The molecule has 0 saturated heterocycles. The van der Waals surface area contributed by atoms with E-state index in [1.807, 2.05) is 47.9 Å². The molecule has 0 radical (unpaired) electrons. The first-order valence-electron chi connectivity index (χ1n) is 9.22. The summed E-state index contributed by atoms with van der Waals surface area (Å²) in [6.07, 6.45) is 3.47. The number of halogens is 1. The van der Waals surface area contributed by atoms with Crippen molar-refractivity contribution in [3.8, 4) is 17.1 Å². The fourth-order valence-corrected chi connectivity index (χ4v) is 3.91. The molecule has 0 unspecified atom stereocenters. The van der Waals surface area contributed by atoms with Gasteiger partial charge in [-0.1, -0.05) is 47.6 Å². The van der Waals surface area contributed by atoms with Crippen LogP contribution in [0.2, 0.25) is 5.02 Å². The number of hydrogen-bond donors (Lipinski definition) is 1. The summed E-state index contributed by atoms with van der Waals surface area (Å²) in [5, 5.41) is 12.8. The Kier molecular flexibility index (Phi) is 6.11. The number of carbonyl (C=O) groups is 1. The lowest BCUT2D eigenvalue weighted by Crippen LogP contribution is -2.14. The minimum atomic E-state index is -0.149. The van der Waals surface area contributed by atoms with Crippen LogP contribution in [0.1, 0.15) is 5.56 Å². The highest BCUT2D eigenvalue weighted by Crippen LogP contribution is 2.29. The lowest BCUT2D eigenvalue weighted by atomic mass is 10.2. The van der Waals surface area contributed by atoms with Crippen molar-refractivity contribution in [3.05, 3.63) is 83.6 Å². The third-order valence-corrected chi connectivity index (χ3v) is 5.51. The summed E-state index contributed by atoms with van der Waals surface area (Å²) in [7, 11) is 0. The van der Waals surface area contributed by atoms with Gasteiger partial charge in [-0.05, 0) is 48.9 Å². The Balaban J connectivity index is 1.61. The molecule has 0 fully saturated rings. The van der Waals surface area contributed by atoms with Crippen LogP contribution >= 0.6 is 23.4 Å². The number of rotatable bonds is 6. The van der Waals surface area contributed by atoms with E-state index in [-0.39, 0.29) is 11.7 Å². The number of para-hydroxylation sites is 1. The minimum Gasteiger partial charge on any atom is -0.325 e. The van der Waals surface area contributed by atoms with Crippen LogP contribution in [-0.2, 0) is 4.79 Å². The molecule has 4 rings (SSSR count). The molecule has 8 heteroatoms. The van der Waals surface area contributed by atoms with Crippen molar-refractivity contribution in [3.63, 3.8) is 0 Å². The van der Waals surface area contributed by atoms with Crippen molar-refractivity contribution in [1.29, 1.82) is 0 Å². The molecule has 0 atom stereocenters. The number of thioether (sulfide) groups is 1. The monoisotopic (exact) mass is 435 g/mol. The molecule has 2 heterocycles. The third kappa shape index (κ3) is 4.53. The molecule has 2 aromatic heterocycles. The quantitative estimate of drug-likeness (QED) is 0.430. The van der Waals surface area contributed by atoms with Crippen molar-refractivity contribution in [2.75, 3.05) is 11.1 Å². The number of nitrogens with zero attached hydrogens (tertiary/aromatic N) is 4. The van der Waals surface area contributed by atoms with Gasteiger partial charge in [-0.15, -0.1) is 10.2 Å². The summed E-state index contributed by atoms with van der Waals surface area (Å²) < 4.78 is 1.96. The van der Waals surface area contributed by atoms with Gasteiger partial charge in [0, 0.05) is 28.7 Å². The maximum atomic E-state index is 12.4. The van der Waals surface area contributed by atoms with E-state index in [4.69, 9.17) is 11.6 Å². The highest BCUT2D eigenvalue weighted by Gasteiger charge is 2.18. The van der Waals surface area contributed by atoms with Gasteiger partial charge < -0.3 is 5.32 Å². The van der Waals surface area contributed by atoms with Crippen LogP contribution in [0.3, 0.4) is 0 Å². The van der Waals surface area contributed by atoms with Crippen LogP contribution in [0.4, 0.5) is 5.69 Å². The van der Waals surface area contributed by atoms with Gasteiger partial charge >= 0.3 is 0 Å². The Morgan fingerprint density at radius 3 is 2.73 bits per heavy atom. The third-order valence-electron chi connectivity index (χ3n) is 4.35. The topological polar surface area (TPSA) is 72.7 Å². The molecule has 2 aromatic carbocycles. The number of aryl methyl sites for hydroxylation is 1. The Hall–Kier alpha value is -3.16. The first kappa shape index (κ1) is 20.1. The zero-order valence-corrected chi connectivity index (χ0v) is 17.7. The number of pyridine rings is 1. The largest absolute Gasteiger partial charge is 0.325 e. The summed E-state index contributed by atoms with van der Waals surface area (Å²) in [5.74, 6) is 0.712. The predicted molar refractivity (Wildman–Crippen MR) is 120 cm³/mol. The fourth-order valence-electron chi connectivity index (χ4n) is 2.97. The maximum absolute atomic E-state index is 12.4. The Labute approximate surface area is 183 Å². The first-order chi connectivity index (χ1) is 14.6. The molecule has 0 spiro atoms.